The second-order valence-electron chi connectivity index (χ2n) is 6.25. The largest absolute Gasteiger partial charge is 0.330 e. The molecule has 0 aromatic carbocycles. The predicted molar refractivity (Wildman–Crippen MR) is 74.0 cm³/mol. The molecule has 0 heterocycles. The van der Waals surface area contributed by atoms with Crippen LogP contribution in [0.5, 0.6) is 0 Å². The van der Waals surface area contributed by atoms with E-state index in [1.165, 1.54) is 51.5 Å². The lowest BCUT2D eigenvalue weighted by Gasteiger charge is -2.41. The van der Waals surface area contributed by atoms with E-state index in [1.54, 1.807) is 0 Å². The Morgan fingerprint density at radius 1 is 1.12 bits per heavy atom. The van der Waals surface area contributed by atoms with Crippen molar-refractivity contribution in [3.8, 4) is 0 Å². The second-order valence-corrected chi connectivity index (χ2v) is 6.25. The summed E-state index contributed by atoms with van der Waals surface area (Å²) in [5, 5.41) is 0. The average molecular weight is 238 g/mol. The van der Waals surface area contributed by atoms with E-state index in [2.05, 4.69) is 18.7 Å². The maximum absolute atomic E-state index is 5.95. The van der Waals surface area contributed by atoms with Gasteiger partial charge in [0.15, 0.2) is 0 Å². The smallest absolute Gasteiger partial charge is 0.0138 e. The van der Waals surface area contributed by atoms with Gasteiger partial charge in [0.25, 0.3) is 0 Å². The molecule has 0 spiro atoms. The van der Waals surface area contributed by atoms with Crippen molar-refractivity contribution in [1.29, 1.82) is 0 Å². The van der Waals surface area contributed by atoms with Crippen LogP contribution in [-0.2, 0) is 0 Å². The van der Waals surface area contributed by atoms with Crippen molar-refractivity contribution in [3.63, 3.8) is 0 Å². The molecular weight excluding hydrogens is 208 g/mol. The lowest BCUT2D eigenvalue weighted by Crippen LogP contribution is -2.47. The minimum Gasteiger partial charge on any atom is -0.330 e. The zero-order valence-corrected chi connectivity index (χ0v) is 11.7. The van der Waals surface area contributed by atoms with Gasteiger partial charge in [-0.3, -0.25) is 4.90 Å². The first kappa shape index (κ1) is 13.4. The Kier molecular flexibility index (Phi) is 4.87. The van der Waals surface area contributed by atoms with E-state index in [0.29, 0.717) is 0 Å². The van der Waals surface area contributed by atoms with Crippen molar-refractivity contribution in [2.24, 2.45) is 17.6 Å². The fraction of sp³-hybridized carbons (Fsp3) is 1.00. The molecular formula is C15H30N2. The van der Waals surface area contributed by atoms with Crippen LogP contribution < -0.4 is 5.73 Å². The van der Waals surface area contributed by atoms with E-state index in [9.17, 15) is 0 Å². The Morgan fingerprint density at radius 3 is 2.53 bits per heavy atom. The van der Waals surface area contributed by atoms with Crippen LogP contribution >= 0.6 is 0 Å². The molecule has 0 amide bonds. The molecule has 2 N–H and O–H groups in total. The third-order valence-electron chi connectivity index (χ3n) is 5.09. The summed E-state index contributed by atoms with van der Waals surface area (Å²) in [4.78, 5) is 2.81. The number of rotatable bonds is 4. The summed E-state index contributed by atoms with van der Waals surface area (Å²) < 4.78 is 0. The Morgan fingerprint density at radius 2 is 1.88 bits per heavy atom. The van der Waals surface area contributed by atoms with Crippen LogP contribution in [0.2, 0.25) is 0 Å². The van der Waals surface area contributed by atoms with Crippen molar-refractivity contribution in [3.05, 3.63) is 0 Å². The summed E-state index contributed by atoms with van der Waals surface area (Å²) in [6.07, 6.45) is 9.86. The molecule has 0 bridgehead atoms. The Balaban J connectivity index is 1.99. The van der Waals surface area contributed by atoms with E-state index in [0.717, 1.165) is 30.5 Å². The highest BCUT2D eigenvalue weighted by atomic mass is 15.2. The fourth-order valence-corrected chi connectivity index (χ4v) is 4.20. The van der Waals surface area contributed by atoms with Crippen LogP contribution in [0.15, 0.2) is 0 Å². The van der Waals surface area contributed by atoms with Gasteiger partial charge in [0, 0.05) is 12.1 Å². The molecule has 100 valence electrons. The zero-order chi connectivity index (χ0) is 12.3. The van der Waals surface area contributed by atoms with E-state index >= 15 is 0 Å². The Hall–Kier alpha value is -0.0800. The molecule has 2 nitrogen and oxygen atoms in total. The van der Waals surface area contributed by atoms with Gasteiger partial charge < -0.3 is 5.73 Å². The minimum atomic E-state index is 0.771. The van der Waals surface area contributed by atoms with E-state index < -0.39 is 0 Å². The summed E-state index contributed by atoms with van der Waals surface area (Å²) in [7, 11) is 0. The normalized spacial score (nSPS) is 38.8. The summed E-state index contributed by atoms with van der Waals surface area (Å²) >= 11 is 0. The van der Waals surface area contributed by atoms with Gasteiger partial charge in [-0.15, -0.1) is 0 Å². The molecule has 2 fully saturated rings. The third kappa shape index (κ3) is 3.03. The fourth-order valence-electron chi connectivity index (χ4n) is 4.20. The zero-order valence-electron chi connectivity index (χ0n) is 11.7. The predicted octanol–water partition coefficient (Wildman–Crippen LogP) is 3.01. The Labute approximate surface area is 107 Å². The number of nitrogens with two attached hydrogens (primary N) is 1. The van der Waals surface area contributed by atoms with E-state index in [4.69, 9.17) is 5.73 Å². The molecule has 0 aliphatic heterocycles. The van der Waals surface area contributed by atoms with Crippen molar-refractivity contribution >= 4 is 0 Å². The standard InChI is InChI=1S/C15H30N2/c1-3-17(14-8-4-6-12(2)10-14)15-9-5-7-13(15)11-16/h12-15H,3-11,16H2,1-2H3. The first-order chi connectivity index (χ1) is 8.26. The van der Waals surface area contributed by atoms with Crippen molar-refractivity contribution < 1.29 is 0 Å². The SMILES string of the molecule is CCN(C1CCCC(C)C1)C1CCCC1CN. The molecule has 2 saturated carbocycles. The molecule has 4 unspecified atom stereocenters. The molecule has 0 radical (unpaired) electrons. The highest BCUT2D eigenvalue weighted by Gasteiger charge is 2.35. The van der Waals surface area contributed by atoms with Crippen LogP contribution in [0.3, 0.4) is 0 Å². The van der Waals surface area contributed by atoms with Crippen LogP contribution in [-0.4, -0.2) is 30.1 Å². The maximum atomic E-state index is 5.95. The van der Waals surface area contributed by atoms with Crippen LogP contribution in [0.1, 0.15) is 58.8 Å². The van der Waals surface area contributed by atoms with Crippen molar-refractivity contribution in [2.45, 2.75) is 70.9 Å². The van der Waals surface area contributed by atoms with Gasteiger partial charge in [0.1, 0.15) is 0 Å². The average Bonchev–Trinajstić information content (AvgIpc) is 2.78. The minimum absolute atomic E-state index is 0.771. The van der Waals surface area contributed by atoms with Gasteiger partial charge >= 0.3 is 0 Å². The van der Waals surface area contributed by atoms with Crippen molar-refractivity contribution in [2.75, 3.05) is 13.1 Å². The van der Waals surface area contributed by atoms with Crippen LogP contribution in [0.25, 0.3) is 0 Å². The maximum Gasteiger partial charge on any atom is 0.0138 e. The number of hydrogen-bond donors (Lipinski definition) is 1. The monoisotopic (exact) mass is 238 g/mol. The summed E-state index contributed by atoms with van der Waals surface area (Å²) in [5.74, 6) is 1.70. The molecule has 0 saturated heterocycles. The van der Waals surface area contributed by atoms with Crippen LogP contribution in [0, 0.1) is 11.8 Å². The summed E-state index contributed by atoms with van der Waals surface area (Å²) in [6, 6.07) is 1.64. The van der Waals surface area contributed by atoms with E-state index in [-0.39, 0.29) is 0 Å². The molecule has 17 heavy (non-hydrogen) atoms. The number of hydrogen-bond acceptors (Lipinski definition) is 2. The highest BCUT2D eigenvalue weighted by Crippen LogP contribution is 2.35. The van der Waals surface area contributed by atoms with Gasteiger partial charge in [0.05, 0.1) is 0 Å². The topological polar surface area (TPSA) is 29.3 Å². The molecule has 2 aliphatic carbocycles. The molecule has 0 aromatic rings. The first-order valence-corrected chi connectivity index (χ1v) is 7.72. The third-order valence-corrected chi connectivity index (χ3v) is 5.09. The molecule has 2 aliphatic rings. The first-order valence-electron chi connectivity index (χ1n) is 7.72. The summed E-state index contributed by atoms with van der Waals surface area (Å²) in [5.41, 5.74) is 5.95. The number of nitrogens with zero attached hydrogens (tertiary/aromatic N) is 1. The van der Waals surface area contributed by atoms with Gasteiger partial charge in [-0.25, -0.2) is 0 Å². The molecule has 0 aromatic heterocycles. The molecule has 2 rings (SSSR count). The molecule has 2 heteroatoms. The van der Waals surface area contributed by atoms with Gasteiger partial charge in [0.2, 0.25) is 0 Å². The quantitative estimate of drug-likeness (QED) is 0.816. The van der Waals surface area contributed by atoms with Crippen LogP contribution in [0.4, 0.5) is 0 Å². The van der Waals surface area contributed by atoms with Crippen molar-refractivity contribution in [1.82, 2.24) is 4.90 Å². The molecule has 4 atom stereocenters. The Bertz CT molecular complexity index is 229. The lowest BCUT2D eigenvalue weighted by molar-refractivity contribution is 0.0762. The lowest BCUT2D eigenvalue weighted by atomic mass is 9.85. The van der Waals surface area contributed by atoms with Gasteiger partial charge in [-0.2, -0.15) is 0 Å². The van der Waals surface area contributed by atoms with Gasteiger partial charge in [-0.05, 0) is 50.6 Å². The summed E-state index contributed by atoms with van der Waals surface area (Å²) in [6.45, 7) is 6.88. The second kappa shape index (κ2) is 6.19. The highest BCUT2D eigenvalue weighted by molar-refractivity contribution is 4.90. The van der Waals surface area contributed by atoms with E-state index in [1.807, 2.05) is 0 Å². The van der Waals surface area contributed by atoms with Gasteiger partial charge in [-0.1, -0.05) is 33.1 Å².